The Morgan fingerprint density at radius 1 is 1.00 bits per heavy atom. The van der Waals surface area contributed by atoms with E-state index in [4.69, 9.17) is 5.11 Å². The lowest BCUT2D eigenvalue weighted by atomic mass is 10.1. The van der Waals surface area contributed by atoms with Gasteiger partial charge in [-0.05, 0) is 6.07 Å². The number of aliphatic carboxylic acids is 1. The Balaban J connectivity index is 2.14. The van der Waals surface area contributed by atoms with Crippen molar-refractivity contribution in [2.24, 2.45) is 0 Å². The fourth-order valence-electron chi connectivity index (χ4n) is 2.06. The number of carbonyl (C=O) groups is 1. The van der Waals surface area contributed by atoms with Crippen LogP contribution in [0.5, 0.6) is 0 Å². The van der Waals surface area contributed by atoms with Gasteiger partial charge >= 0.3 is 5.97 Å². The third-order valence-corrected chi connectivity index (χ3v) is 3.79. The fraction of sp³-hybridized carbons (Fsp3) is 0.0625. The molecule has 104 valence electrons. The molecule has 0 aliphatic carbocycles. The summed E-state index contributed by atoms with van der Waals surface area (Å²) in [5, 5.41) is 10.2. The van der Waals surface area contributed by atoms with Gasteiger partial charge in [0.2, 0.25) is 0 Å². The number of aromatic nitrogens is 2. The summed E-state index contributed by atoms with van der Waals surface area (Å²) in [4.78, 5) is 19.7. The highest BCUT2D eigenvalue weighted by molar-refractivity contribution is 7.99. The van der Waals surface area contributed by atoms with Crippen LogP contribution in [0.3, 0.4) is 0 Å². The van der Waals surface area contributed by atoms with Crippen molar-refractivity contribution in [1.29, 1.82) is 0 Å². The quantitative estimate of drug-likeness (QED) is 0.590. The van der Waals surface area contributed by atoms with Gasteiger partial charge in [-0.25, -0.2) is 9.97 Å². The molecule has 1 N–H and O–H groups in total. The lowest BCUT2D eigenvalue weighted by Crippen LogP contribution is -2.00. The molecule has 0 saturated carbocycles. The normalized spacial score (nSPS) is 10.7. The van der Waals surface area contributed by atoms with Crippen LogP contribution in [0.15, 0.2) is 59.8 Å². The van der Waals surface area contributed by atoms with E-state index in [-0.39, 0.29) is 5.75 Å². The second kappa shape index (κ2) is 5.93. The lowest BCUT2D eigenvalue weighted by Gasteiger charge is -2.08. The van der Waals surface area contributed by atoms with Gasteiger partial charge in [-0.1, -0.05) is 60.3 Å². The number of para-hydroxylation sites is 1. The molecule has 1 heterocycles. The molecule has 0 aliphatic heterocycles. The van der Waals surface area contributed by atoms with Gasteiger partial charge < -0.3 is 5.11 Å². The predicted molar refractivity (Wildman–Crippen MR) is 83.3 cm³/mol. The molecule has 0 amide bonds. The number of benzene rings is 2. The largest absolute Gasteiger partial charge is 0.481 e. The number of nitrogens with zero attached hydrogens (tertiary/aromatic N) is 2. The molecule has 0 spiro atoms. The van der Waals surface area contributed by atoms with E-state index < -0.39 is 5.97 Å². The predicted octanol–water partition coefficient (Wildman–Crippen LogP) is 3.47. The molecule has 3 rings (SSSR count). The Bertz CT molecular complexity index is 791. The first-order valence-electron chi connectivity index (χ1n) is 6.41. The van der Waals surface area contributed by atoms with E-state index in [9.17, 15) is 4.79 Å². The average molecular weight is 296 g/mol. The molecule has 2 aromatic carbocycles. The Morgan fingerprint density at radius 2 is 1.71 bits per heavy atom. The highest BCUT2D eigenvalue weighted by Gasteiger charge is 2.10. The monoisotopic (exact) mass is 296 g/mol. The molecular weight excluding hydrogens is 284 g/mol. The summed E-state index contributed by atoms with van der Waals surface area (Å²) in [6.45, 7) is 0. The Hall–Kier alpha value is -2.40. The third-order valence-electron chi connectivity index (χ3n) is 2.95. The van der Waals surface area contributed by atoms with Crippen molar-refractivity contribution in [2.75, 3.05) is 5.75 Å². The van der Waals surface area contributed by atoms with Crippen LogP contribution in [-0.4, -0.2) is 26.8 Å². The lowest BCUT2D eigenvalue weighted by molar-refractivity contribution is -0.133. The Morgan fingerprint density at radius 3 is 2.48 bits per heavy atom. The van der Waals surface area contributed by atoms with Gasteiger partial charge in [0.05, 0.1) is 17.0 Å². The molecule has 0 saturated heterocycles. The summed E-state index contributed by atoms with van der Waals surface area (Å²) in [6.07, 6.45) is 0. The molecule has 5 heteroatoms. The van der Waals surface area contributed by atoms with Crippen molar-refractivity contribution >= 4 is 28.6 Å². The van der Waals surface area contributed by atoms with Crippen LogP contribution in [0.4, 0.5) is 0 Å². The second-order valence-corrected chi connectivity index (χ2v) is 5.36. The molecule has 21 heavy (non-hydrogen) atoms. The maximum absolute atomic E-state index is 10.7. The van der Waals surface area contributed by atoms with E-state index >= 15 is 0 Å². The SMILES string of the molecule is O=C(O)CSc1nc(-c2ccccc2)c2ccccc2n1. The van der Waals surface area contributed by atoms with Crippen LogP contribution in [0.1, 0.15) is 0 Å². The summed E-state index contributed by atoms with van der Waals surface area (Å²) in [7, 11) is 0. The molecule has 3 aromatic rings. The number of hydrogen-bond acceptors (Lipinski definition) is 4. The van der Waals surface area contributed by atoms with Crippen LogP contribution in [0, 0.1) is 0 Å². The van der Waals surface area contributed by atoms with Crippen LogP contribution in [0.2, 0.25) is 0 Å². The summed E-state index contributed by atoms with van der Waals surface area (Å²) in [5.41, 5.74) is 2.64. The first-order valence-corrected chi connectivity index (χ1v) is 7.39. The van der Waals surface area contributed by atoms with Crippen LogP contribution >= 0.6 is 11.8 Å². The van der Waals surface area contributed by atoms with Crippen LogP contribution in [0.25, 0.3) is 22.2 Å². The van der Waals surface area contributed by atoms with Gasteiger partial charge in [0, 0.05) is 10.9 Å². The minimum atomic E-state index is -0.877. The molecule has 4 nitrogen and oxygen atoms in total. The van der Waals surface area contributed by atoms with Gasteiger partial charge in [-0.15, -0.1) is 0 Å². The van der Waals surface area contributed by atoms with Gasteiger partial charge in [-0.3, -0.25) is 4.79 Å². The van der Waals surface area contributed by atoms with Gasteiger partial charge in [0.1, 0.15) is 0 Å². The number of carboxylic acids is 1. The molecular formula is C16H12N2O2S. The van der Waals surface area contributed by atoms with Crippen LogP contribution in [-0.2, 0) is 4.79 Å². The topological polar surface area (TPSA) is 63.1 Å². The molecule has 1 aromatic heterocycles. The van der Waals surface area contributed by atoms with E-state index in [0.29, 0.717) is 5.16 Å². The zero-order valence-electron chi connectivity index (χ0n) is 11.1. The zero-order valence-corrected chi connectivity index (χ0v) is 11.9. The maximum Gasteiger partial charge on any atom is 0.313 e. The minimum Gasteiger partial charge on any atom is -0.481 e. The zero-order chi connectivity index (χ0) is 14.7. The molecule has 0 radical (unpaired) electrons. The van der Waals surface area contributed by atoms with Crippen molar-refractivity contribution in [3.63, 3.8) is 0 Å². The van der Waals surface area contributed by atoms with E-state index in [1.54, 1.807) is 0 Å². The summed E-state index contributed by atoms with van der Waals surface area (Å²) in [5.74, 6) is -0.926. The fourth-order valence-corrected chi connectivity index (χ4v) is 2.63. The van der Waals surface area contributed by atoms with Crippen LogP contribution < -0.4 is 0 Å². The van der Waals surface area contributed by atoms with E-state index in [1.165, 1.54) is 0 Å². The highest BCUT2D eigenvalue weighted by atomic mass is 32.2. The third kappa shape index (κ3) is 3.03. The molecule has 0 atom stereocenters. The Kier molecular flexibility index (Phi) is 3.83. The van der Waals surface area contributed by atoms with Crippen molar-refractivity contribution in [1.82, 2.24) is 9.97 Å². The van der Waals surface area contributed by atoms with E-state index in [1.807, 2.05) is 54.6 Å². The van der Waals surface area contributed by atoms with Crippen molar-refractivity contribution < 1.29 is 9.90 Å². The summed E-state index contributed by atoms with van der Waals surface area (Å²) in [6, 6.07) is 17.6. The van der Waals surface area contributed by atoms with E-state index in [2.05, 4.69) is 9.97 Å². The van der Waals surface area contributed by atoms with Crippen molar-refractivity contribution in [3.05, 3.63) is 54.6 Å². The molecule has 0 fully saturated rings. The van der Waals surface area contributed by atoms with Gasteiger partial charge in [-0.2, -0.15) is 0 Å². The van der Waals surface area contributed by atoms with Gasteiger partial charge in [0.15, 0.2) is 5.16 Å². The number of rotatable bonds is 4. The minimum absolute atomic E-state index is 0.0490. The smallest absolute Gasteiger partial charge is 0.313 e. The number of fused-ring (bicyclic) bond motifs is 1. The second-order valence-electron chi connectivity index (χ2n) is 4.42. The standard InChI is InChI=1S/C16H12N2O2S/c19-14(20)10-21-16-17-13-9-5-4-8-12(13)15(18-16)11-6-2-1-3-7-11/h1-9H,10H2,(H,19,20). The number of hydrogen-bond donors (Lipinski definition) is 1. The highest BCUT2D eigenvalue weighted by Crippen LogP contribution is 2.28. The summed E-state index contributed by atoms with van der Waals surface area (Å²) >= 11 is 1.13. The van der Waals surface area contributed by atoms with Gasteiger partial charge in [0.25, 0.3) is 0 Å². The number of carboxylic acid groups (broad SMARTS) is 1. The molecule has 0 bridgehead atoms. The Labute approximate surface area is 125 Å². The first-order chi connectivity index (χ1) is 10.2. The molecule has 0 unspecified atom stereocenters. The maximum atomic E-state index is 10.7. The van der Waals surface area contributed by atoms with Crippen molar-refractivity contribution in [3.8, 4) is 11.3 Å². The molecule has 0 aliphatic rings. The van der Waals surface area contributed by atoms with Crippen molar-refractivity contribution in [2.45, 2.75) is 5.16 Å². The first kappa shape index (κ1) is 13.6. The average Bonchev–Trinajstić information content (AvgIpc) is 2.53. The summed E-state index contributed by atoms with van der Waals surface area (Å²) < 4.78 is 0. The van der Waals surface area contributed by atoms with E-state index in [0.717, 1.165) is 33.9 Å². The number of thioether (sulfide) groups is 1.